The number of hydrogen-bond donors (Lipinski definition) is 0. The number of amides is 1. The summed E-state index contributed by atoms with van der Waals surface area (Å²) in [6, 6.07) is 4.29. The number of nitrogens with zero attached hydrogens (tertiary/aromatic N) is 2. The van der Waals surface area contributed by atoms with E-state index in [0.717, 1.165) is 45.8 Å². The fourth-order valence-electron chi connectivity index (χ4n) is 4.24. The van der Waals surface area contributed by atoms with Crippen molar-refractivity contribution in [3.8, 4) is 0 Å². The van der Waals surface area contributed by atoms with E-state index in [-0.39, 0.29) is 12.0 Å². The maximum Gasteiger partial charge on any atom is 0.227 e. The molecule has 4 heterocycles. The average molecular weight is 320 g/mol. The Kier molecular flexibility index (Phi) is 4.20. The van der Waals surface area contributed by atoms with Gasteiger partial charge in [0.15, 0.2) is 0 Å². The highest BCUT2D eigenvalue weighted by molar-refractivity contribution is 7.09. The zero-order valence-corrected chi connectivity index (χ0v) is 13.8. The van der Waals surface area contributed by atoms with Crippen molar-refractivity contribution < 1.29 is 9.53 Å². The molecular formula is C17H24N2O2S. The molecule has 3 atom stereocenters. The minimum atomic E-state index is 0.138. The molecular weight excluding hydrogens is 296 g/mol. The molecule has 1 amide bonds. The number of piperidine rings is 1. The third-order valence-electron chi connectivity index (χ3n) is 5.36. The first-order valence-electron chi connectivity index (χ1n) is 8.46. The highest BCUT2D eigenvalue weighted by Gasteiger charge is 2.45. The van der Waals surface area contributed by atoms with Crippen LogP contribution in [0.4, 0.5) is 0 Å². The van der Waals surface area contributed by atoms with Crippen LogP contribution >= 0.6 is 11.3 Å². The Balaban J connectivity index is 1.49. The first-order valence-corrected chi connectivity index (χ1v) is 9.34. The fraction of sp³-hybridized carbons (Fsp3) is 0.706. The first kappa shape index (κ1) is 14.7. The minimum absolute atomic E-state index is 0.138. The lowest BCUT2D eigenvalue weighted by Crippen LogP contribution is -2.52. The van der Waals surface area contributed by atoms with Crippen molar-refractivity contribution in [1.82, 2.24) is 9.80 Å². The van der Waals surface area contributed by atoms with Crippen molar-refractivity contribution in [2.75, 3.05) is 32.8 Å². The van der Waals surface area contributed by atoms with Gasteiger partial charge in [0.05, 0.1) is 12.0 Å². The van der Waals surface area contributed by atoms with Crippen LogP contribution in [-0.2, 0) is 16.1 Å². The molecule has 0 spiro atoms. The largest absolute Gasteiger partial charge is 0.377 e. The zero-order chi connectivity index (χ0) is 14.9. The summed E-state index contributed by atoms with van der Waals surface area (Å²) in [6.07, 6.45) is 3.65. The van der Waals surface area contributed by atoms with Crippen LogP contribution in [0.3, 0.4) is 0 Å². The molecule has 0 aliphatic carbocycles. The van der Waals surface area contributed by atoms with E-state index < -0.39 is 0 Å². The van der Waals surface area contributed by atoms with Crippen LogP contribution in [0.25, 0.3) is 0 Å². The second-order valence-corrected chi connectivity index (χ2v) is 7.81. The van der Waals surface area contributed by atoms with Crippen molar-refractivity contribution in [1.29, 1.82) is 0 Å². The molecule has 22 heavy (non-hydrogen) atoms. The monoisotopic (exact) mass is 320 g/mol. The summed E-state index contributed by atoms with van der Waals surface area (Å²) in [5, 5.41) is 2.13. The van der Waals surface area contributed by atoms with E-state index in [4.69, 9.17) is 4.74 Å². The lowest BCUT2D eigenvalue weighted by atomic mass is 9.82. The Morgan fingerprint density at radius 3 is 2.95 bits per heavy atom. The third kappa shape index (κ3) is 2.82. The highest BCUT2D eigenvalue weighted by atomic mass is 32.1. The van der Waals surface area contributed by atoms with Crippen LogP contribution in [0.15, 0.2) is 17.5 Å². The quantitative estimate of drug-likeness (QED) is 0.856. The predicted molar refractivity (Wildman–Crippen MR) is 86.7 cm³/mol. The van der Waals surface area contributed by atoms with Crippen LogP contribution in [0, 0.1) is 11.8 Å². The Morgan fingerprint density at radius 1 is 1.32 bits per heavy atom. The van der Waals surface area contributed by atoms with Gasteiger partial charge in [-0.3, -0.25) is 9.69 Å². The van der Waals surface area contributed by atoms with E-state index in [9.17, 15) is 4.79 Å². The smallest absolute Gasteiger partial charge is 0.227 e. The van der Waals surface area contributed by atoms with Crippen molar-refractivity contribution in [3.63, 3.8) is 0 Å². The van der Waals surface area contributed by atoms with Gasteiger partial charge in [0, 0.05) is 50.1 Å². The maximum atomic E-state index is 12.9. The third-order valence-corrected chi connectivity index (χ3v) is 6.23. The van der Waals surface area contributed by atoms with Crippen LogP contribution < -0.4 is 0 Å². The number of hydrogen-bond acceptors (Lipinski definition) is 4. The van der Waals surface area contributed by atoms with E-state index >= 15 is 0 Å². The van der Waals surface area contributed by atoms with Gasteiger partial charge in [-0.1, -0.05) is 6.07 Å². The summed E-state index contributed by atoms with van der Waals surface area (Å²) < 4.78 is 5.94. The topological polar surface area (TPSA) is 32.8 Å². The molecule has 0 saturated carbocycles. The van der Waals surface area contributed by atoms with Gasteiger partial charge in [0.25, 0.3) is 0 Å². The normalized spacial score (nSPS) is 32.4. The Bertz CT molecular complexity index is 513. The Hall–Kier alpha value is -0.910. The van der Waals surface area contributed by atoms with Crippen molar-refractivity contribution in [3.05, 3.63) is 22.4 Å². The van der Waals surface area contributed by atoms with Gasteiger partial charge in [-0.05, 0) is 30.7 Å². The van der Waals surface area contributed by atoms with E-state index in [2.05, 4.69) is 27.3 Å². The fourth-order valence-corrected chi connectivity index (χ4v) is 4.99. The molecule has 0 radical (unpaired) electrons. The van der Waals surface area contributed by atoms with Gasteiger partial charge in [-0.15, -0.1) is 11.3 Å². The van der Waals surface area contributed by atoms with Crippen molar-refractivity contribution in [2.45, 2.75) is 31.9 Å². The van der Waals surface area contributed by atoms with E-state index in [1.807, 2.05) is 0 Å². The molecule has 1 aromatic heterocycles. The zero-order valence-electron chi connectivity index (χ0n) is 12.9. The molecule has 3 fully saturated rings. The lowest BCUT2D eigenvalue weighted by Gasteiger charge is -2.40. The molecule has 3 saturated heterocycles. The van der Waals surface area contributed by atoms with Crippen LogP contribution in [0.2, 0.25) is 0 Å². The summed E-state index contributed by atoms with van der Waals surface area (Å²) in [6.45, 7) is 5.57. The molecule has 0 N–H and O–H groups in total. The Morgan fingerprint density at radius 2 is 2.18 bits per heavy atom. The number of ether oxygens (including phenoxy) is 1. The molecule has 5 heteroatoms. The van der Waals surface area contributed by atoms with Crippen molar-refractivity contribution >= 4 is 17.2 Å². The van der Waals surface area contributed by atoms with Crippen LogP contribution in [-0.4, -0.2) is 54.6 Å². The number of fused-ring (bicyclic) bond motifs is 1. The van der Waals surface area contributed by atoms with Gasteiger partial charge in [-0.2, -0.15) is 0 Å². The summed E-state index contributed by atoms with van der Waals surface area (Å²) >= 11 is 1.80. The van der Waals surface area contributed by atoms with Crippen molar-refractivity contribution in [2.24, 2.45) is 11.8 Å². The number of likely N-dealkylation sites (tertiary alicyclic amines) is 2. The summed E-state index contributed by atoms with van der Waals surface area (Å²) in [5.41, 5.74) is 0. The van der Waals surface area contributed by atoms with E-state index in [0.29, 0.717) is 11.8 Å². The van der Waals surface area contributed by atoms with Gasteiger partial charge in [0.2, 0.25) is 5.91 Å². The average Bonchev–Trinajstić information content (AvgIpc) is 3.27. The van der Waals surface area contributed by atoms with Crippen LogP contribution in [0.1, 0.15) is 24.1 Å². The molecule has 120 valence electrons. The number of carbonyl (C=O) groups excluding carboxylic acids is 1. The van der Waals surface area contributed by atoms with Crippen LogP contribution in [0.5, 0.6) is 0 Å². The minimum Gasteiger partial charge on any atom is -0.377 e. The molecule has 3 aliphatic heterocycles. The van der Waals surface area contributed by atoms with Gasteiger partial charge < -0.3 is 9.64 Å². The van der Waals surface area contributed by atoms with Gasteiger partial charge in [0.1, 0.15) is 0 Å². The second-order valence-electron chi connectivity index (χ2n) is 6.77. The molecule has 4 nitrogen and oxygen atoms in total. The number of rotatable bonds is 3. The molecule has 4 rings (SSSR count). The highest BCUT2D eigenvalue weighted by Crippen LogP contribution is 2.36. The first-order chi connectivity index (χ1) is 10.8. The molecule has 0 unspecified atom stereocenters. The summed E-state index contributed by atoms with van der Waals surface area (Å²) in [7, 11) is 0. The number of thiophene rings is 1. The molecule has 3 aliphatic rings. The SMILES string of the molecule is O=C([C@H]1CN(Cc2cccs2)C[C@@H]2OCC[C@@H]21)N1CCCC1. The molecule has 1 aromatic rings. The van der Waals surface area contributed by atoms with Gasteiger partial charge in [-0.25, -0.2) is 0 Å². The van der Waals surface area contributed by atoms with E-state index in [1.54, 1.807) is 11.3 Å². The second kappa shape index (κ2) is 6.30. The summed E-state index contributed by atoms with van der Waals surface area (Å²) in [4.78, 5) is 18.8. The maximum absolute atomic E-state index is 12.9. The molecule has 0 aromatic carbocycles. The Labute approximate surface area is 136 Å². The van der Waals surface area contributed by atoms with E-state index in [1.165, 1.54) is 17.7 Å². The lowest BCUT2D eigenvalue weighted by molar-refractivity contribution is -0.140. The summed E-state index contributed by atoms with van der Waals surface area (Å²) in [5.74, 6) is 0.959. The number of carbonyl (C=O) groups is 1. The van der Waals surface area contributed by atoms with Gasteiger partial charge >= 0.3 is 0 Å². The molecule has 0 bridgehead atoms. The standard InChI is InChI=1S/C17H24N2O2S/c20-17(19-6-1-2-7-19)15-11-18(10-13-4-3-9-22-13)12-16-14(15)5-8-21-16/h3-4,9,14-16H,1-2,5-8,10-12H2/t14-,15+,16+/m1/s1. The predicted octanol–water partition coefficient (Wildman–Crippen LogP) is 2.21.